The third-order valence-corrected chi connectivity index (χ3v) is 8.84. The number of aryl methyl sites for hydroxylation is 1. The number of methoxy groups -OCH3 is 1. The molecule has 0 fully saturated rings. The highest BCUT2D eigenvalue weighted by atomic mass is 79.9. The summed E-state index contributed by atoms with van der Waals surface area (Å²) in [5.41, 5.74) is 1.41. The van der Waals surface area contributed by atoms with Crippen LogP contribution in [0, 0.1) is 6.92 Å². The standard InChI is InChI=1S/C30H35BrClN3O5S/c1-20-10-12-24(13-11-20)35(41(38,39)25-14-15-27(40-6)26(31)17-25)19-28(36)34(18-22-8-7-9-23(32)16-22)21(2)29(37)33-30(3,4)5/h7-17,21H,18-19H2,1-6H3,(H,33,37)/t21-/m1/s1. The maximum absolute atomic E-state index is 14.0. The molecule has 0 saturated carbocycles. The van der Waals surface area contributed by atoms with Crippen LogP contribution < -0.4 is 14.4 Å². The number of hydrogen-bond donors (Lipinski definition) is 1. The molecular weight excluding hydrogens is 630 g/mol. The number of amides is 2. The number of rotatable bonds is 10. The summed E-state index contributed by atoms with van der Waals surface area (Å²) in [6.07, 6.45) is 0. The van der Waals surface area contributed by atoms with Gasteiger partial charge in [-0.15, -0.1) is 0 Å². The van der Waals surface area contributed by atoms with Crippen LogP contribution in [0.2, 0.25) is 5.02 Å². The van der Waals surface area contributed by atoms with Crippen molar-refractivity contribution in [2.75, 3.05) is 18.0 Å². The van der Waals surface area contributed by atoms with Crippen molar-refractivity contribution >= 4 is 55.1 Å². The molecule has 0 heterocycles. The molecule has 11 heteroatoms. The molecule has 0 radical (unpaired) electrons. The van der Waals surface area contributed by atoms with Crippen LogP contribution in [0.4, 0.5) is 5.69 Å². The summed E-state index contributed by atoms with van der Waals surface area (Å²) in [5, 5.41) is 3.39. The van der Waals surface area contributed by atoms with Crippen LogP contribution in [0.25, 0.3) is 0 Å². The van der Waals surface area contributed by atoms with Crippen LogP contribution in [-0.4, -0.2) is 50.4 Å². The van der Waals surface area contributed by atoms with Crippen molar-refractivity contribution in [1.29, 1.82) is 0 Å². The van der Waals surface area contributed by atoms with Gasteiger partial charge in [-0.3, -0.25) is 13.9 Å². The summed E-state index contributed by atoms with van der Waals surface area (Å²) in [6, 6.07) is 17.3. The van der Waals surface area contributed by atoms with Crippen LogP contribution >= 0.6 is 27.5 Å². The Hall–Kier alpha value is -3.08. The highest BCUT2D eigenvalue weighted by molar-refractivity contribution is 9.10. The van der Waals surface area contributed by atoms with E-state index < -0.39 is 34.1 Å². The van der Waals surface area contributed by atoms with Gasteiger partial charge in [0.2, 0.25) is 11.8 Å². The molecule has 1 N–H and O–H groups in total. The molecule has 0 aliphatic carbocycles. The van der Waals surface area contributed by atoms with Crippen molar-refractivity contribution in [3.05, 3.63) is 87.4 Å². The third-order valence-electron chi connectivity index (χ3n) is 6.22. The van der Waals surface area contributed by atoms with E-state index in [-0.39, 0.29) is 17.3 Å². The predicted molar refractivity (Wildman–Crippen MR) is 166 cm³/mol. The molecule has 220 valence electrons. The summed E-state index contributed by atoms with van der Waals surface area (Å²) in [5.74, 6) is -0.455. The number of carbonyl (C=O) groups excluding carboxylic acids is 2. The van der Waals surface area contributed by atoms with Crippen LogP contribution in [0.15, 0.2) is 76.1 Å². The Kier molecular flexibility index (Phi) is 10.5. The minimum atomic E-state index is -4.22. The smallest absolute Gasteiger partial charge is 0.264 e. The van der Waals surface area contributed by atoms with Crippen molar-refractivity contribution in [1.82, 2.24) is 10.2 Å². The first-order chi connectivity index (χ1) is 19.1. The largest absolute Gasteiger partial charge is 0.496 e. The number of nitrogens with zero attached hydrogens (tertiary/aromatic N) is 2. The monoisotopic (exact) mass is 663 g/mol. The number of anilines is 1. The van der Waals surface area contributed by atoms with Crippen molar-refractivity contribution in [2.24, 2.45) is 0 Å². The van der Waals surface area contributed by atoms with Crippen molar-refractivity contribution in [3.8, 4) is 5.75 Å². The number of benzene rings is 3. The molecule has 0 saturated heterocycles. The molecule has 3 rings (SSSR count). The van der Waals surface area contributed by atoms with E-state index in [2.05, 4.69) is 21.2 Å². The normalized spacial score (nSPS) is 12.4. The molecule has 0 aliphatic rings. The molecular formula is C30H35BrClN3O5S. The Morgan fingerprint density at radius 1 is 1.05 bits per heavy atom. The molecule has 0 spiro atoms. The van der Waals surface area contributed by atoms with Gasteiger partial charge in [0, 0.05) is 17.1 Å². The average Bonchev–Trinajstić information content (AvgIpc) is 2.89. The van der Waals surface area contributed by atoms with Gasteiger partial charge >= 0.3 is 0 Å². The number of hydrogen-bond acceptors (Lipinski definition) is 5. The molecule has 0 bridgehead atoms. The average molecular weight is 665 g/mol. The van der Waals surface area contributed by atoms with Gasteiger partial charge in [0.15, 0.2) is 0 Å². The fraction of sp³-hybridized carbons (Fsp3) is 0.333. The zero-order valence-corrected chi connectivity index (χ0v) is 27.1. The van der Waals surface area contributed by atoms with Gasteiger partial charge < -0.3 is 15.0 Å². The number of sulfonamides is 1. The van der Waals surface area contributed by atoms with E-state index in [1.807, 2.05) is 27.7 Å². The summed E-state index contributed by atoms with van der Waals surface area (Å²) >= 11 is 9.55. The van der Waals surface area contributed by atoms with Crippen molar-refractivity contribution in [2.45, 2.75) is 57.6 Å². The van der Waals surface area contributed by atoms with Gasteiger partial charge in [0.1, 0.15) is 18.3 Å². The molecule has 0 unspecified atom stereocenters. The van der Waals surface area contributed by atoms with Gasteiger partial charge in [0.05, 0.1) is 22.2 Å². The molecule has 3 aromatic carbocycles. The Morgan fingerprint density at radius 3 is 2.27 bits per heavy atom. The minimum Gasteiger partial charge on any atom is -0.496 e. The second-order valence-corrected chi connectivity index (χ2v) is 13.9. The Labute approximate surface area is 255 Å². The lowest BCUT2D eigenvalue weighted by atomic mass is 10.1. The third kappa shape index (κ3) is 8.47. The van der Waals surface area contributed by atoms with Crippen molar-refractivity contribution in [3.63, 3.8) is 0 Å². The highest BCUT2D eigenvalue weighted by Crippen LogP contribution is 2.31. The number of nitrogens with one attached hydrogen (secondary N) is 1. The quantitative estimate of drug-likeness (QED) is 0.289. The van der Waals surface area contributed by atoms with Crippen LogP contribution in [0.1, 0.15) is 38.8 Å². The molecule has 0 aromatic heterocycles. The van der Waals surface area contributed by atoms with E-state index in [4.69, 9.17) is 16.3 Å². The van der Waals surface area contributed by atoms with E-state index in [9.17, 15) is 18.0 Å². The van der Waals surface area contributed by atoms with Crippen LogP contribution in [0.3, 0.4) is 0 Å². The van der Waals surface area contributed by atoms with Gasteiger partial charge in [-0.05, 0) is 98.6 Å². The van der Waals surface area contributed by atoms with Gasteiger partial charge in [0.25, 0.3) is 10.0 Å². The van der Waals surface area contributed by atoms with E-state index in [0.29, 0.717) is 26.5 Å². The fourth-order valence-electron chi connectivity index (χ4n) is 4.06. The lowest BCUT2D eigenvalue weighted by molar-refractivity contribution is -0.140. The Balaban J connectivity index is 2.06. The highest BCUT2D eigenvalue weighted by Gasteiger charge is 2.33. The zero-order chi connectivity index (χ0) is 30.5. The number of ether oxygens (including phenoxy) is 1. The summed E-state index contributed by atoms with van der Waals surface area (Å²) in [7, 11) is -2.74. The molecule has 41 heavy (non-hydrogen) atoms. The van der Waals surface area contributed by atoms with E-state index in [0.717, 1.165) is 9.87 Å². The minimum absolute atomic E-state index is 0.0292. The molecule has 3 aromatic rings. The Bertz CT molecular complexity index is 1510. The van der Waals surface area contributed by atoms with Crippen LogP contribution in [-0.2, 0) is 26.2 Å². The number of carbonyl (C=O) groups is 2. The van der Waals surface area contributed by atoms with E-state index in [1.54, 1.807) is 55.5 Å². The molecule has 8 nitrogen and oxygen atoms in total. The summed E-state index contributed by atoms with van der Waals surface area (Å²) in [4.78, 5) is 28.5. The lowest BCUT2D eigenvalue weighted by Crippen LogP contribution is -2.54. The Morgan fingerprint density at radius 2 is 1.71 bits per heavy atom. The second-order valence-electron chi connectivity index (χ2n) is 10.7. The first-order valence-corrected chi connectivity index (χ1v) is 15.5. The lowest BCUT2D eigenvalue weighted by Gasteiger charge is -2.33. The topological polar surface area (TPSA) is 96.0 Å². The van der Waals surface area contributed by atoms with Gasteiger partial charge in [-0.2, -0.15) is 0 Å². The maximum atomic E-state index is 14.0. The van der Waals surface area contributed by atoms with Gasteiger partial charge in [-0.1, -0.05) is 41.4 Å². The predicted octanol–water partition coefficient (Wildman–Crippen LogP) is 5.95. The first-order valence-electron chi connectivity index (χ1n) is 12.9. The first kappa shape index (κ1) is 32.4. The summed E-state index contributed by atoms with van der Waals surface area (Å²) in [6.45, 7) is 8.56. The summed E-state index contributed by atoms with van der Waals surface area (Å²) < 4.78 is 34.8. The van der Waals surface area contributed by atoms with Crippen LogP contribution in [0.5, 0.6) is 5.75 Å². The molecule has 2 amide bonds. The SMILES string of the molecule is COc1ccc(S(=O)(=O)N(CC(=O)N(Cc2cccc(Cl)c2)[C@H](C)C(=O)NC(C)(C)C)c2ccc(C)cc2)cc1Br. The maximum Gasteiger partial charge on any atom is 0.264 e. The van der Waals surface area contributed by atoms with Crippen molar-refractivity contribution < 1.29 is 22.7 Å². The second kappa shape index (κ2) is 13.3. The zero-order valence-electron chi connectivity index (χ0n) is 23.9. The molecule has 1 atom stereocenters. The van der Waals surface area contributed by atoms with E-state index in [1.165, 1.54) is 30.2 Å². The molecule has 0 aliphatic heterocycles. The van der Waals surface area contributed by atoms with E-state index >= 15 is 0 Å². The van der Waals surface area contributed by atoms with Gasteiger partial charge in [-0.25, -0.2) is 8.42 Å². The fourth-order valence-corrected chi connectivity index (χ4v) is 6.41. The number of halogens is 2.